The molecule has 0 aliphatic carbocycles. The van der Waals surface area contributed by atoms with Gasteiger partial charge in [-0.1, -0.05) is 48.0 Å². The van der Waals surface area contributed by atoms with Crippen molar-refractivity contribution in [3.05, 3.63) is 106 Å². The summed E-state index contributed by atoms with van der Waals surface area (Å²) in [5.41, 5.74) is 3.03. The average molecular weight is 461 g/mol. The van der Waals surface area contributed by atoms with E-state index in [-0.39, 0.29) is 11.5 Å². The van der Waals surface area contributed by atoms with Crippen LogP contribution in [0.25, 0.3) is 23.0 Å². The minimum absolute atomic E-state index is 0.187. The zero-order valence-corrected chi connectivity index (χ0v) is 18.8. The monoisotopic (exact) mass is 460 g/mol. The molecule has 166 valence electrons. The maximum atomic E-state index is 12.8. The molecule has 0 bridgehead atoms. The number of aromatic nitrogens is 2. The Morgan fingerprint density at radius 2 is 1.73 bits per heavy atom. The van der Waals surface area contributed by atoms with Crippen molar-refractivity contribution in [1.82, 2.24) is 9.55 Å². The van der Waals surface area contributed by atoms with Crippen LogP contribution in [0, 0.1) is 0 Å². The number of ketones is 1. The van der Waals surface area contributed by atoms with E-state index < -0.39 is 0 Å². The Bertz CT molecular complexity index is 1380. The molecule has 0 saturated carbocycles. The van der Waals surface area contributed by atoms with Crippen LogP contribution in [0.4, 0.5) is 0 Å². The number of carbonyl (C=O) groups is 1. The number of aromatic amines is 1. The quantitative estimate of drug-likeness (QED) is 0.296. The highest BCUT2D eigenvalue weighted by Crippen LogP contribution is 2.28. The summed E-state index contributed by atoms with van der Waals surface area (Å²) in [7, 11) is 3.13. The summed E-state index contributed by atoms with van der Waals surface area (Å²) >= 11 is 5.95. The van der Waals surface area contributed by atoms with Gasteiger partial charge >= 0.3 is 5.69 Å². The zero-order chi connectivity index (χ0) is 23.4. The molecule has 7 heteroatoms. The van der Waals surface area contributed by atoms with Crippen molar-refractivity contribution in [3.8, 4) is 28.4 Å². The third kappa shape index (κ3) is 4.91. The molecule has 0 unspecified atom stereocenters. The molecule has 0 radical (unpaired) electrons. The van der Waals surface area contributed by atoms with Gasteiger partial charge in [0.05, 0.1) is 25.6 Å². The highest BCUT2D eigenvalue weighted by atomic mass is 35.5. The lowest BCUT2D eigenvalue weighted by Gasteiger charge is -2.07. The SMILES string of the molecule is COc1ccc(C=CC(=O)c2cccc(-n3cc(-c4ccc(Cl)cc4)[nH]c3=O)c2)cc1OC. The van der Waals surface area contributed by atoms with Gasteiger partial charge in [-0.15, -0.1) is 0 Å². The predicted octanol–water partition coefficient (Wildman–Crippen LogP) is 5.40. The number of nitrogens with one attached hydrogen (secondary N) is 1. The van der Waals surface area contributed by atoms with Crippen molar-refractivity contribution < 1.29 is 14.3 Å². The van der Waals surface area contributed by atoms with E-state index in [1.807, 2.05) is 18.2 Å². The second-order valence-electron chi connectivity index (χ2n) is 7.21. The smallest absolute Gasteiger partial charge is 0.330 e. The van der Waals surface area contributed by atoms with Crippen molar-refractivity contribution >= 4 is 23.5 Å². The normalized spacial score (nSPS) is 11.0. The molecule has 1 heterocycles. The fraction of sp³-hybridized carbons (Fsp3) is 0.0769. The third-order valence-electron chi connectivity index (χ3n) is 5.12. The largest absolute Gasteiger partial charge is 0.493 e. The molecule has 6 nitrogen and oxygen atoms in total. The minimum Gasteiger partial charge on any atom is -0.493 e. The number of rotatable bonds is 7. The zero-order valence-electron chi connectivity index (χ0n) is 18.0. The van der Waals surface area contributed by atoms with E-state index in [4.69, 9.17) is 21.1 Å². The van der Waals surface area contributed by atoms with Crippen LogP contribution in [0.15, 0.2) is 83.8 Å². The van der Waals surface area contributed by atoms with Gasteiger partial charge in [-0.3, -0.25) is 9.36 Å². The maximum absolute atomic E-state index is 12.8. The van der Waals surface area contributed by atoms with Crippen LogP contribution in [-0.4, -0.2) is 29.6 Å². The van der Waals surface area contributed by atoms with E-state index in [1.165, 1.54) is 10.6 Å². The van der Waals surface area contributed by atoms with Crippen molar-refractivity contribution in [1.29, 1.82) is 0 Å². The van der Waals surface area contributed by atoms with E-state index >= 15 is 0 Å². The summed E-state index contributed by atoms with van der Waals surface area (Å²) in [6.07, 6.45) is 4.89. The second kappa shape index (κ2) is 9.63. The van der Waals surface area contributed by atoms with Crippen LogP contribution in [0.5, 0.6) is 11.5 Å². The van der Waals surface area contributed by atoms with Gasteiger partial charge < -0.3 is 14.5 Å². The van der Waals surface area contributed by atoms with Crippen LogP contribution in [0.3, 0.4) is 0 Å². The van der Waals surface area contributed by atoms with E-state index in [2.05, 4.69) is 4.98 Å². The number of halogens is 1. The Kier molecular flexibility index (Phi) is 6.47. The molecule has 33 heavy (non-hydrogen) atoms. The molecule has 0 saturated heterocycles. The molecule has 0 aliphatic rings. The minimum atomic E-state index is -0.301. The lowest BCUT2D eigenvalue weighted by molar-refractivity contribution is 0.104. The van der Waals surface area contributed by atoms with E-state index in [1.54, 1.807) is 75.0 Å². The van der Waals surface area contributed by atoms with Crippen molar-refractivity contribution in [3.63, 3.8) is 0 Å². The van der Waals surface area contributed by atoms with Crippen molar-refractivity contribution in [2.75, 3.05) is 14.2 Å². The van der Waals surface area contributed by atoms with Crippen LogP contribution >= 0.6 is 11.6 Å². The van der Waals surface area contributed by atoms with Gasteiger partial charge in [-0.2, -0.15) is 0 Å². The molecule has 4 aromatic rings. The van der Waals surface area contributed by atoms with E-state index in [0.717, 1.165) is 11.1 Å². The first-order valence-electron chi connectivity index (χ1n) is 10.1. The Balaban J connectivity index is 1.58. The highest BCUT2D eigenvalue weighted by Gasteiger charge is 2.10. The number of hydrogen-bond acceptors (Lipinski definition) is 4. The van der Waals surface area contributed by atoms with Gasteiger partial charge in [0.25, 0.3) is 0 Å². The number of benzene rings is 3. The molecule has 1 N–H and O–H groups in total. The highest BCUT2D eigenvalue weighted by molar-refractivity contribution is 6.30. The topological polar surface area (TPSA) is 73.3 Å². The molecular formula is C26H21ClN2O4. The molecule has 0 fully saturated rings. The van der Waals surface area contributed by atoms with Crippen LogP contribution in [0.2, 0.25) is 5.02 Å². The summed E-state index contributed by atoms with van der Waals surface area (Å²) in [5, 5.41) is 0.618. The third-order valence-corrected chi connectivity index (χ3v) is 5.37. The summed E-state index contributed by atoms with van der Waals surface area (Å²) in [6.45, 7) is 0. The van der Waals surface area contributed by atoms with Gasteiger partial charge in [0, 0.05) is 16.8 Å². The second-order valence-corrected chi connectivity index (χ2v) is 7.65. The van der Waals surface area contributed by atoms with Gasteiger partial charge in [0.15, 0.2) is 17.3 Å². The van der Waals surface area contributed by atoms with E-state index in [9.17, 15) is 9.59 Å². The Morgan fingerprint density at radius 1 is 0.970 bits per heavy atom. The van der Waals surface area contributed by atoms with Crippen LogP contribution in [-0.2, 0) is 0 Å². The summed E-state index contributed by atoms with van der Waals surface area (Å²) < 4.78 is 12.0. The number of carbonyl (C=O) groups excluding carboxylic acids is 1. The Morgan fingerprint density at radius 3 is 2.45 bits per heavy atom. The lowest BCUT2D eigenvalue weighted by atomic mass is 10.1. The van der Waals surface area contributed by atoms with E-state index in [0.29, 0.717) is 33.5 Å². The molecular weight excluding hydrogens is 440 g/mol. The lowest BCUT2D eigenvalue weighted by Crippen LogP contribution is -2.14. The summed E-state index contributed by atoms with van der Waals surface area (Å²) in [5.74, 6) is 1.01. The Labute approximate surface area is 195 Å². The first-order valence-corrected chi connectivity index (χ1v) is 10.5. The van der Waals surface area contributed by atoms with Crippen LogP contribution < -0.4 is 15.2 Å². The summed E-state index contributed by atoms with van der Waals surface area (Å²) in [6, 6.07) is 19.5. The van der Waals surface area contributed by atoms with Gasteiger partial charge in [0.2, 0.25) is 0 Å². The fourth-order valence-electron chi connectivity index (χ4n) is 3.40. The van der Waals surface area contributed by atoms with Crippen LogP contribution in [0.1, 0.15) is 15.9 Å². The number of imidazole rings is 1. The summed E-state index contributed by atoms with van der Waals surface area (Å²) in [4.78, 5) is 28.2. The first kappa shape index (κ1) is 22.2. The number of H-pyrrole nitrogens is 1. The van der Waals surface area contributed by atoms with Gasteiger partial charge in [-0.05, 0) is 53.6 Å². The fourth-order valence-corrected chi connectivity index (χ4v) is 3.52. The van der Waals surface area contributed by atoms with Gasteiger partial charge in [-0.25, -0.2) is 4.79 Å². The number of hydrogen-bond donors (Lipinski definition) is 1. The standard InChI is InChI=1S/C26H21ClN2O4/c1-32-24-13-7-17(14-25(24)33-2)6-12-23(30)19-4-3-5-21(15-19)29-16-22(28-26(29)31)18-8-10-20(27)11-9-18/h3-16H,1-2H3,(H,28,31). The first-order chi connectivity index (χ1) is 16.0. The molecule has 4 rings (SSSR count). The molecule has 0 spiro atoms. The number of allylic oxidation sites excluding steroid dienone is 1. The molecule has 3 aromatic carbocycles. The molecule has 0 atom stereocenters. The Hall–Kier alpha value is -4.03. The number of ether oxygens (including phenoxy) is 2. The maximum Gasteiger partial charge on any atom is 0.330 e. The predicted molar refractivity (Wildman–Crippen MR) is 130 cm³/mol. The number of methoxy groups -OCH3 is 2. The van der Waals surface area contributed by atoms with Crippen molar-refractivity contribution in [2.24, 2.45) is 0 Å². The molecule has 0 amide bonds. The molecule has 0 aliphatic heterocycles. The van der Waals surface area contributed by atoms with Gasteiger partial charge in [0.1, 0.15) is 0 Å². The molecule has 1 aromatic heterocycles. The number of nitrogens with zero attached hydrogens (tertiary/aromatic N) is 1. The average Bonchev–Trinajstić information content (AvgIpc) is 3.24. The van der Waals surface area contributed by atoms with Crippen molar-refractivity contribution in [2.45, 2.75) is 0 Å².